The molecule has 3 aromatic rings. The number of unbranched alkanes of at least 4 members (excludes halogenated alkanes) is 1. The van der Waals surface area contributed by atoms with E-state index in [1.165, 1.54) is 0 Å². The molecule has 0 saturated carbocycles. The van der Waals surface area contributed by atoms with Gasteiger partial charge in [0.1, 0.15) is 23.0 Å². The lowest BCUT2D eigenvalue weighted by molar-refractivity contribution is 0.600. The normalized spacial score (nSPS) is 11.7. The molecule has 0 fully saturated rings. The van der Waals surface area contributed by atoms with E-state index in [2.05, 4.69) is 56.7 Å². The minimum Gasteiger partial charge on any atom is -0.326 e. The van der Waals surface area contributed by atoms with Crippen molar-refractivity contribution in [2.24, 2.45) is 0 Å². The number of anilines is 2. The first kappa shape index (κ1) is 17.1. The molecule has 0 aliphatic heterocycles. The van der Waals surface area contributed by atoms with Crippen LogP contribution in [0.25, 0.3) is 17.1 Å². The molecule has 0 bridgehead atoms. The van der Waals surface area contributed by atoms with Gasteiger partial charge in [-0.1, -0.05) is 19.4 Å². The molecule has 0 radical (unpaired) electrons. The van der Waals surface area contributed by atoms with Gasteiger partial charge in [-0.2, -0.15) is 0 Å². The summed E-state index contributed by atoms with van der Waals surface area (Å²) in [4.78, 5) is 17.8. The lowest BCUT2D eigenvalue weighted by Crippen LogP contribution is -2.03. The van der Waals surface area contributed by atoms with Gasteiger partial charge in [0.2, 0.25) is 0 Å². The van der Waals surface area contributed by atoms with Gasteiger partial charge in [0.25, 0.3) is 0 Å². The number of nitrogens with one attached hydrogen (secondary N) is 1. The summed E-state index contributed by atoms with van der Waals surface area (Å²) in [6.45, 7) is 8.48. The van der Waals surface area contributed by atoms with Crippen LogP contribution in [-0.4, -0.2) is 24.5 Å². The number of aromatic nitrogens is 5. The van der Waals surface area contributed by atoms with E-state index >= 15 is 0 Å². The third kappa shape index (κ3) is 3.84. The van der Waals surface area contributed by atoms with Crippen LogP contribution in [-0.2, 0) is 0 Å². The summed E-state index contributed by atoms with van der Waals surface area (Å²) in [5, 5.41) is 3.27. The molecule has 0 atom stereocenters. The predicted octanol–water partition coefficient (Wildman–Crippen LogP) is 4.67. The van der Waals surface area contributed by atoms with E-state index in [-0.39, 0.29) is 0 Å². The fraction of sp³-hybridized carbons (Fsp3) is 0.368. The number of hydrogen-bond donors (Lipinski definition) is 1. The van der Waals surface area contributed by atoms with Crippen LogP contribution in [0.2, 0.25) is 0 Å². The molecule has 0 unspecified atom stereocenters. The highest BCUT2D eigenvalue weighted by Gasteiger charge is 2.11. The van der Waals surface area contributed by atoms with Crippen molar-refractivity contribution in [1.82, 2.24) is 24.5 Å². The van der Waals surface area contributed by atoms with E-state index in [0.717, 1.165) is 41.3 Å². The molecule has 0 aliphatic carbocycles. The van der Waals surface area contributed by atoms with E-state index in [1.807, 2.05) is 25.1 Å². The average Bonchev–Trinajstić information content (AvgIpc) is 2.91. The topological polar surface area (TPSA) is 68.5 Å². The molecule has 0 saturated heterocycles. The number of aryl methyl sites for hydroxylation is 1. The Kier molecular flexibility index (Phi) is 5.07. The van der Waals surface area contributed by atoms with Crippen LogP contribution in [0.5, 0.6) is 0 Å². The van der Waals surface area contributed by atoms with Gasteiger partial charge in [0.05, 0.1) is 11.7 Å². The lowest BCUT2D eigenvalue weighted by atomic mass is 10.3. The average molecular weight is 336 g/mol. The van der Waals surface area contributed by atoms with Gasteiger partial charge in [0, 0.05) is 18.3 Å². The number of nitrogens with zero attached hydrogens (tertiary/aromatic N) is 5. The molecule has 3 rings (SSSR count). The second-order valence-corrected chi connectivity index (χ2v) is 6.30. The van der Waals surface area contributed by atoms with Crippen LogP contribution in [0.4, 0.5) is 11.6 Å². The summed E-state index contributed by atoms with van der Waals surface area (Å²) in [5.74, 6) is 3.17. The number of pyridine rings is 1. The molecule has 6 nitrogen and oxygen atoms in total. The molecular weight excluding hydrogens is 312 g/mol. The van der Waals surface area contributed by atoms with Crippen LogP contribution < -0.4 is 5.32 Å². The van der Waals surface area contributed by atoms with Gasteiger partial charge >= 0.3 is 0 Å². The minimum absolute atomic E-state index is 0.342. The van der Waals surface area contributed by atoms with E-state index in [9.17, 15) is 0 Å². The zero-order valence-corrected chi connectivity index (χ0v) is 15.2. The molecule has 0 aliphatic rings. The van der Waals surface area contributed by atoms with Crippen LogP contribution in [0.15, 0.2) is 30.6 Å². The number of fused-ring (bicyclic) bond motifs is 1. The molecule has 25 heavy (non-hydrogen) atoms. The van der Waals surface area contributed by atoms with Crippen LogP contribution >= 0.6 is 0 Å². The van der Waals surface area contributed by atoms with E-state index < -0.39 is 0 Å². The first-order chi connectivity index (χ1) is 12.1. The standard InChI is InChI=1S/C19H24N6/c1-5-6-7-8-17-20-10-9-18(23-17)24-19-11-16-15(12-21-19)22-14(4)25(16)13(2)3/h7-13H,5-6H2,1-4H3,(H,20,21,23,24). The Bertz CT molecular complexity index is 894. The van der Waals surface area contributed by atoms with Crippen molar-refractivity contribution in [1.29, 1.82) is 0 Å². The number of imidazole rings is 1. The second-order valence-electron chi connectivity index (χ2n) is 6.30. The van der Waals surface area contributed by atoms with Crippen molar-refractivity contribution in [3.05, 3.63) is 42.3 Å². The van der Waals surface area contributed by atoms with Crippen molar-refractivity contribution in [3.63, 3.8) is 0 Å². The van der Waals surface area contributed by atoms with E-state index in [0.29, 0.717) is 11.9 Å². The second kappa shape index (κ2) is 7.42. The van der Waals surface area contributed by atoms with Crippen molar-refractivity contribution >= 4 is 28.7 Å². The highest BCUT2D eigenvalue weighted by molar-refractivity contribution is 5.79. The minimum atomic E-state index is 0.342. The molecule has 0 amide bonds. The van der Waals surface area contributed by atoms with Gasteiger partial charge in [-0.05, 0) is 39.3 Å². The summed E-state index contributed by atoms with van der Waals surface area (Å²) >= 11 is 0. The lowest BCUT2D eigenvalue weighted by Gasteiger charge is -2.11. The quantitative estimate of drug-likeness (QED) is 0.708. The zero-order chi connectivity index (χ0) is 17.8. The summed E-state index contributed by atoms with van der Waals surface area (Å²) in [6.07, 6.45) is 9.73. The molecular formula is C19H24N6. The van der Waals surface area contributed by atoms with Crippen molar-refractivity contribution in [2.45, 2.75) is 46.6 Å². The fourth-order valence-corrected chi connectivity index (χ4v) is 2.85. The SMILES string of the molecule is CCCC=Cc1nccc(Nc2cc3c(cn2)nc(C)n3C(C)C)n1. The molecule has 3 heterocycles. The van der Waals surface area contributed by atoms with Gasteiger partial charge in [-0.3, -0.25) is 0 Å². The summed E-state index contributed by atoms with van der Waals surface area (Å²) < 4.78 is 2.21. The first-order valence-corrected chi connectivity index (χ1v) is 8.69. The molecule has 130 valence electrons. The summed E-state index contributed by atoms with van der Waals surface area (Å²) in [7, 11) is 0. The Morgan fingerprint density at radius 3 is 2.80 bits per heavy atom. The van der Waals surface area contributed by atoms with Gasteiger partial charge < -0.3 is 9.88 Å². The van der Waals surface area contributed by atoms with Gasteiger partial charge in [0.15, 0.2) is 5.82 Å². The van der Waals surface area contributed by atoms with Crippen molar-refractivity contribution in [3.8, 4) is 0 Å². The Labute approximate surface area is 148 Å². The van der Waals surface area contributed by atoms with Crippen LogP contribution in [0.3, 0.4) is 0 Å². The fourth-order valence-electron chi connectivity index (χ4n) is 2.85. The summed E-state index contributed by atoms with van der Waals surface area (Å²) in [6, 6.07) is 4.20. The Balaban J connectivity index is 1.88. The maximum atomic E-state index is 4.58. The van der Waals surface area contributed by atoms with Crippen molar-refractivity contribution < 1.29 is 0 Å². The van der Waals surface area contributed by atoms with Gasteiger partial charge in [-0.25, -0.2) is 19.9 Å². The zero-order valence-electron chi connectivity index (χ0n) is 15.2. The van der Waals surface area contributed by atoms with Crippen LogP contribution in [0, 0.1) is 6.92 Å². The highest BCUT2D eigenvalue weighted by atomic mass is 15.1. The number of rotatable bonds is 6. The Morgan fingerprint density at radius 1 is 1.20 bits per heavy atom. The van der Waals surface area contributed by atoms with Crippen LogP contribution in [0.1, 0.15) is 51.3 Å². The Morgan fingerprint density at radius 2 is 2.04 bits per heavy atom. The van der Waals surface area contributed by atoms with E-state index in [1.54, 1.807) is 12.4 Å². The number of allylic oxidation sites excluding steroid dienone is 1. The monoisotopic (exact) mass is 336 g/mol. The third-order valence-electron chi connectivity index (χ3n) is 3.92. The van der Waals surface area contributed by atoms with Crippen molar-refractivity contribution in [2.75, 3.05) is 5.32 Å². The van der Waals surface area contributed by atoms with Gasteiger partial charge in [-0.15, -0.1) is 0 Å². The largest absolute Gasteiger partial charge is 0.326 e. The maximum absolute atomic E-state index is 4.58. The summed E-state index contributed by atoms with van der Waals surface area (Å²) in [5.41, 5.74) is 1.98. The predicted molar refractivity (Wildman–Crippen MR) is 102 cm³/mol. The Hall–Kier alpha value is -2.76. The molecule has 6 heteroatoms. The molecule has 0 aromatic carbocycles. The van der Waals surface area contributed by atoms with E-state index in [4.69, 9.17) is 0 Å². The highest BCUT2D eigenvalue weighted by Crippen LogP contribution is 2.23. The smallest absolute Gasteiger partial charge is 0.153 e. The molecule has 0 spiro atoms. The third-order valence-corrected chi connectivity index (χ3v) is 3.92. The first-order valence-electron chi connectivity index (χ1n) is 8.69. The molecule has 3 aromatic heterocycles. The molecule has 1 N–H and O–H groups in total. The number of hydrogen-bond acceptors (Lipinski definition) is 5. The maximum Gasteiger partial charge on any atom is 0.153 e.